The summed E-state index contributed by atoms with van der Waals surface area (Å²) in [5.74, 6) is 1.76. The van der Waals surface area contributed by atoms with Gasteiger partial charge in [-0.1, -0.05) is 45.9 Å². The van der Waals surface area contributed by atoms with Gasteiger partial charge in [0.2, 0.25) is 0 Å². The average Bonchev–Trinajstić information content (AvgIpc) is 2.37. The molecule has 1 atom stereocenters. The van der Waals surface area contributed by atoms with Gasteiger partial charge in [-0.05, 0) is 31.2 Å². The number of nitrogens with zero attached hydrogens (tertiary/aromatic N) is 1. The van der Waals surface area contributed by atoms with Gasteiger partial charge in [0.25, 0.3) is 5.69 Å². The summed E-state index contributed by atoms with van der Waals surface area (Å²) in [4.78, 5) is 10.7. The summed E-state index contributed by atoms with van der Waals surface area (Å²) in [6, 6.07) is 6.94. The number of hydrogen-bond donors (Lipinski definition) is 1. The fourth-order valence-corrected chi connectivity index (χ4v) is 2.68. The first kappa shape index (κ1) is 16.6. The van der Waals surface area contributed by atoms with Crippen LogP contribution in [0.4, 0.5) is 5.69 Å². The van der Waals surface area contributed by atoms with Crippen molar-refractivity contribution in [3.8, 4) is 0 Å². The number of hydrogen-bond acceptors (Lipinski definition) is 3. The van der Waals surface area contributed by atoms with Crippen molar-refractivity contribution >= 4 is 5.69 Å². The van der Waals surface area contributed by atoms with Crippen molar-refractivity contribution in [2.24, 2.45) is 17.8 Å². The molecule has 20 heavy (non-hydrogen) atoms. The van der Waals surface area contributed by atoms with Crippen LogP contribution >= 0.6 is 0 Å². The maximum Gasteiger partial charge on any atom is 0.274 e. The zero-order chi connectivity index (χ0) is 15.3. The Labute approximate surface area is 121 Å². The highest BCUT2D eigenvalue weighted by molar-refractivity contribution is 5.41. The Morgan fingerprint density at radius 1 is 1.10 bits per heavy atom. The Bertz CT molecular complexity index is 436. The first-order valence-electron chi connectivity index (χ1n) is 7.31. The van der Waals surface area contributed by atoms with Gasteiger partial charge in [0.05, 0.1) is 4.92 Å². The van der Waals surface area contributed by atoms with Crippen LogP contribution in [0.1, 0.15) is 46.2 Å². The quantitative estimate of drug-likeness (QED) is 0.601. The van der Waals surface area contributed by atoms with Gasteiger partial charge in [-0.3, -0.25) is 10.1 Å². The smallest absolute Gasteiger partial charge is 0.274 e. The van der Waals surface area contributed by atoms with Gasteiger partial charge in [0.15, 0.2) is 0 Å². The summed E-state index contributed by atoms with van der Waals surface area (Å²) in [7, 11) is 0. The van der Waals surface area contributed by atoms with Gasteiger partial charge in [-0.2, -0.15) is 0 Å². The maximum atomic E-state index is 11.1. The predicted octanol–water partition coefficient (Wildman–Crippen LogP) is 4.17. The second-order valence-electron chi connectivity index (χ2n) is 6.10. The maximum absolute atomic E-state index is 11.1. The molecule has 0 fully saturated rings. The van der Waals surface area contributed by atoms with Gasteiger partial charge in [0.1, 0.15) is 0 Å². The highest BCUT2D eigenvalue weighted by Crippen LogP contribution is 2.26. The minimum atomic E-state index is -0.310. The number of para-hydroxylation sites is 1. The number of benzene rings is 1. The molecule has 4 nitrogen and oxygen atoms in total. The van der Waals surface area contributed by atoms with Gasteiger partial charge in [-0.25, -0.2) is 0 Å². The summed E-state index contributed by atoms with van der Waals surface area (Å²) < 4.78 is 0. The Balaban J connectivity index is 2.77. The molecular formula is C16H26N2O2. The average molecular weight is 278 g/mol. The molecule has 0 aromatic heterocycles. The number of nitro groups is 1. The third-order valence-electron chi connectivity index (χ3n) is 3.97. The molecule has 0 radical (unpaired) electrons. The molecule has 1 N–H and O–H groups in total. The molecule has 0 bridgehead atoms. The molecule has 0 saturated heterocycles. The summed E-state index contributed by atoms with van der Waals surface area (Å²) in [6.45, 7) is 11.8. The van der Waals surface area contributed by atoms with Crippen LogP contribution in [0.2, 0.25) is 0 Å². The van der Waals surface area contributed by atoms with Crippen molar-refractivity contribution in [3.63, 3.8) is 0 Å². The topological polar surface area (TPSA) is 55.2 Å². The van der Waals surface area contributed by atoms with Crippen LogP contribution in [0.3, 0.4) is 0 Å². The number of nitro benzene ring substituents is 1. The molecule has 0 amide bonds. The van der Waals surface area contributed by atoms with E-state index in [0.717, 1.165) is 12.1 Å². The molecule has 0 saturated carbocycles. The zero-order valence-electron chi connectivity index (χ0n) is 13.1. The van der Waals surface area contributed by atoms with Gasteiger partial charge >= 0.3 is 0 Å². The van der Waals surface area contributed by atoms with E-state index in [1.807, 2.05) is 19.1 Å². The highest BCUT2D eigenvalue weighted by atomic mass is 16.6. The molecule has 0 heterocycles. The molecule has 4 heteroatoms. The van der Waals surface area contributed by atoms with Gasteiger partial charge in [-0.15, -0.1) is 0 Å². The lowest BCUT2D eigenvalue weighted by Gasteiger charge is -2.27. The highest BCUT2D eigenvalue weighted by Gasteiger charge is 2.21. The Morgan fingerprint density at radius 2 is 1.65 bits per heavy atom. The van der Waals surface area contributed by atoms with E-state index in [0.29, 0.717) is 17.8 Å². The minimum Gasteiger partial charge on any atom is -0.310 e. The summed E-state index contributed by atoms with van der Waals surface area (Å²) >= 11 is 0. The van der Waals surface area contributed by atoms with Crippen LogP contribution in [0, 0.1) is 27.9 Å². The predicted molar refractivity (Wildman–Crippen MR) is 82.7 cm³/mol. The van der Waals surface area contributed by atoms with Crippen molar-refractivity contribution in [2.45, 2.75) is 40.7 Å². The van der Waals surface area contributed by atoms with Crippen LogP contribution in [-0.4, -0.2) is 11.5 Å². The lowest BCUT2D eigenvalue weighted by Crippen LogP contribution is -2.31. The number of rotatable bonds is 7. The Hall–Kier alpha value is -1.42. The fourth-order valence-electron chi connectivity index (χ4n) is 2.68. The molecule has 1 unspecified atom stereocenters. The van der Waals surface area contributed by atoms with E-state index >= 15 is 0 Å². The lowest BCUT2D eigenvalue weighted by molar-refractivity contribution is -0.385. The fraction of sp³-hybridized carbons (Fsp3) is 0.625. The van der Waals surface area contributed by atoms with E-state index in [1.165, 1.54) is 0 Å². The van der Waals surface area contributed by atoms with E-state index < -0.39 is 0 Å². The molecule has 0 aliphatic heterocycles. The Kier molecular flexibility index (Phi) is 6.14. The van der Waals surface area contributed by atoms with E-state index in [2.05, 4.69) is 33.0 Å². The standard InChI is InChI=1S/C16H26N2O2/c1-11(2)15(12(3)4)10-17-13(5)14-8-6-7-9-16(14)18(19)20/h6-9,11-13,15,17H,10H2,1-5H3. The van der Waals surface area contributed by atoms with Crippen LogP contribution in [-0.2, 0) is 0 Å². The number of nitrogens with one attached hydrogen (secondary N) is 1. The van der Waals surface area contributed by atoms with Gasteiger partial charge in [0, 0.05) is 17.7 Å². The summed E-state index contributed by atoms with van der Waals surface area (Å²) in [6.07, 6.45) is 0. The molecule has 1 aromatic carbocycles. The van der Waals surface area contributed by atoms with Crippen LogP contribution in [0.15, 0.2) is 24.3 Å². The third kappa shape index (κ3) is 4.30. The molecule has 1 rings (SSSR count). The van der Waals surface area contributed by atoms with Gasteiger partial charge < -0.3 is 5.32 Å². The normalized spacial score (nSPS) is 13.2. The molecule has 0 spiro atoms. The third-order valence-corrected chi connectivity index (χ3v) is 3.97. The first-order valence-corrected chi connectivity index (χ1v) is 7.31. The molecular weight excluding hydrogens is 252 g/mol. The van der Waals surface area contributed by atoms with E-state index in [-0.39, 0.29) is 16.7 Å². The van der Waals surface area contributed by atoms with E-state index in [9.17, 15) is 10.1 Å². The molecule has 0 aliphatic rings. The van der Waals surface area contributed by atoms with E-state index in [1.54, 1.807) is 12.1 Å². The SMILES string of the molecule is CC(NCC(C(C)C)C(C)C)c1ccccc1[N+](=O)[O-]. The Morgan fingerprint density at radius 3 is 2.15 bits per heavy atom. The van der Waals surface area contributed by atoms with Crippen molar-refractivity contribution in [1.29, 1.82) is 0 Å². The van der Waals surface area contributed by atoms with E-state index in [4.69, 9.17) is 0 Å². The molecule has 112 valence electrons. The van der Waals surface area contributed by atoms with Crippen molar-refractivity contribution < 1.29 is 4.92 Å². The monoisotopic (exact) mass is 278 g/mol. The van der Waals surface area contributed by atoms with Crippen molar-refractivity contribution in [3.05, 3.63) is 39.9 Å². The second kappa shape index (κ2) is 7.39. The van der Waals surface area contributed by atoms with Crippen LogP contribution in [0.5, 0.6) is 0 Å². The molecule has 0 aliphatic carbocycles. The van der Waals surface area contributed by atoms with Crippen LogP contribution in [0.25, 0.3) is 0 Å². The summed E-state index contributed by atoms with van der Waals surface area (Å²) in [5.41, 5.74) is 0.946. The second-order valence-corrected chi connectivity index (χ2v) is 6.10. The first-order chi connectivity index (χ1) is 9.34. The molecule has 1 aromatic rings. The minimum absolute atomic E-state index is 0.0170. The summed E-state index contributed by atoms with van der Waals surface area (Å²) in [5, 5.41) is 14.5. The van der Waals surface area contributed by atoms with Crippen LogP contribution < -0.4 is 5.32 Å². The van der Waals surface area contributed by atoms with Crippen molar-refractivity contribution in [1.82, 2.24) is 5.32 Å². The largest absolute Gasteiger partial charge is 0.310 e. The van der Waals surface area contributed by atoms with Crippen molar-refractivity contribution in [2.75, 3.05) is 6.54 Å². The lowest BCUT2D eigenvalue weighted by atomic mass is 9.85. The zero-order valence-corrected chi connectivity index (χ0v) is 13.1.